The molecule has 1 N–H and O–H groups in total. The van der Waals surface area contributed by atoms with Gasteiger partial charge in [-0.05, 0) is 53.9 Å². The van der Waals surface area contributed by atoms with Gasteiger partial charge in [0.2, 0.25) is 0 Å². The van der Waals surface area contributed by atoms with E-state index in [2.05, 4.69) is 21.3 Å². The molecule has 3 nitrogen and oxygen atoms in total. The standard InChI is InChI=1S/C20H17F2N3/c1-13-8-17(22)6-7-18(13)15-9-19-20(23-10-15)24-12-25(19)11-14-2-4-16(21)5-3-14/h2-10H,11-12H2,1H3,(H,23,24). The van der Waals surface area contributed by atoms with Gasteiger partial charge in [-0.15, -0.1) is 0 Å². The van der Waals surface area contributed by atoms with Crippen molar-refractivity contribution < 1.29 is 8.78 Å². The van der Waals surface area contributed by atoms with E-state index < -0.39 is 0 Å². The van der Waals surface area contributed by atoms with Gasteiger partial charge in [0, 0.05) is 18.3 Å². The van der Waals surface area contributed by atoms with Crippen LogP contribution in [-0.4, -0.2) is 11.7 Å². The molecule has 2 aromatic carbocycles. The molecule has 0 spiro atoms. The molecule has 1 aliphatic rings. The number of aryl methyl sites for hydroxylation is 1. The van der Waals surface area contributed by atoms with Crippen LogP contribution in [0.15, 0.2) is 54.7 Å². The van der Waals surface area contributed by atoms with Crippen molar-refractivity contribution in [1.82, 2.24) is 4.98 Å². The maximum atomic E-state index is 13.4. The first kappa shape index (κ1) is 15.6. The molecule has 0 aliphatic carbocycles. The van der Waals surface area contributed by atoms with Gasteiger partial charge in [0.25, 0.3) is 0 Å². The van der Waals surface area contributed by atoms with Crippen LogP contribution in [0.25, 0.3) is 11.1 Å². The Hall–Kier alpha value is -2.95. The van der Waals surface area contributed by atoms with Gasteiger partial charge in [-0.25, -0.2) is 13.8 Å². The minimum Gasteiger partial charge on any atom is -0.351 e. The Kier molecular flexibility index (Phi) is 3.84. The summed E-state index contributed by atoms with van der Waals surface area (Å²) in [4.78, 5) is 6.65. The predicted molar refractivity (Wildman–Crippen MR) is 95.4 cm³/mol. The Labute approximate surface area is 144 Å². The molecule has 126 valence electrons. The minimum absolute atomic E-state index is 0.237. The zero-order valence-electron chi connectivity index (χ0n) is 13.8. The van der Waals surface area contributed by atoms with Gasteiger partial charge < -0.3 is 10.2 Å². The lowest BCUT2D eigenvalue weighted by atomic mass is 10.0. The summed E-state index contributed by atoms with van der Waals surface area (Å²) < 4.78 is 26.4. The number of rotatable bonds is 3. The van der Waals surface area contributed by atoms with E-state index in [1.807, 2.05) is 6.92 Å². The fourth-order valence-electron chi connectivity index (χ4n) is 3.14. The number of hydrogen-bond acceptors (Lipinski definition) is 3. The number of fused-ring (bicyclic) bond motifs is 1. The summed E-state index contributed by atoms with van der Waals surface area (Å²) in [6, 6.07) is 13.3. The lowest BCUT2D eigenvalue weighted by Gasteiger charge is -2.18. The number of nitrogens with one attached hydrogen (secondary N) is 1. The van der Waals surface area contributed by atoms with Crippen molar-refractivity contribution in [2.45, 2.75) is 13.5 Å². The summed E-state index contributed by atoms with van der Waals surface area (Å²) in [5.41, 5.74) is 4.80. The third-order valence-corrected chi connectivity index (χ3v) is 4.43. The minimum atomic E-state index is -0.241. The van der Waals surface area contributed by atoms with Crippen molar-refractivity contribution in [2.24, 2.45) is 0 Å². The van der Waals surface area contributed by atoms with Crippen LogP contribution in [-0.2, 0) is 6.54 Å². The Morgan fingerprint density at radius 2 is 1.80 bits per heavy atom. The normalized spacial score (nSPS) is 12.8. The molecule has 5 heteroatoms. The largest absolute Gasteiger partial charge is 0.351 e. The van der Waals surface area contributed by atoms with Crippen LogP contribution in [0.1, 0.15) is 11.1 Å². The van der Waals surface area contributed by atoms with E-state index in [-0.39, 0.29) is 11.6 Å². The SMILES string of the molecule is Cc1cc(F)ccc1-c1cnc2c(c1)N(Cc1ccc(F)cc1)CN2. The summed E-state index contributed by atoms with van der Waals surface area (Å²) in [6.07, 6.45) is 1.80. The number of pyridine rings is 1. The highest BCUT2D eigenvalue weighted by molar-refractivity contribution is 5.78. The molecule has 4 rings (SSSR count). The number of nitrogens with zero attached hydrogens (tertiary/aromatic N) is 2. The van der Waals surface area contributed by atoms with Crippen molar-refractivity contribution in [1.29, 1.82) is 0 Å². The lowest BCUT2D eigenvalue weighted by molar-refractivity contribution is 0.626. The Morgan fingerprint density at radius 3 is 2.56 bits per heavy atom. The predicted octanol–water partition coefficient (Wildman–Crippen LogP) is 4.72. The monoisotopic (exact) mass is 337 g/mol. The Morgan fingerprint density at radius 1 is 1.04 bits per heavy atom. The van der Waals surface area contributed by atoms with Crippen LogP contribution in [0, 0.1) is 18.6 Å². The third-order valence-electron chi connectivity index (χ3n) is 4.43. The maximum Gasteiger partial charge on any atom is 0.151 e. The Bertz CT molecular complexity index is 923. The third kappa shape index (κ3) is 3.05. The fraction of sp³-hybridized carbons (Fsp3) is 0.150. The van der Waals surface area contributed by atoms with Gasteiger partial charge in [0.05, 0.1) is 12.4 Å². The van der Waals surface area contributed by atoms with Crippen molar-refractivity contribution >= 4 is 11.5 Å². The molecule has 0 atom stereocenters. The first-order chi connectivity index (χ1) is 12.1. The van der Waals surface area contributed by atoms with Gasteiger partial charge in [0.1, 0.15) is 11.6 Å². The molecule has 1 aromatic heterocycles. The van der Waals surface area contributed by atoms with E-state index in [1.54, 1.807) is 24.4 Å². The van der Waals surface area contributed by atoms with Crippen molar-refractivity contribution in [3.8, 4) is 11.1 Å². The second kappa shape index (κ2) is 6.16. The molecule has 25 heavy (non-hydrogen) atoms. The van der Waals surface area contributed by atoms with Crippen LogP contribution >= 0.6 is 0 Å². The van der Waals surface area contributed by atoms with Crippen LogP contribution in [0.4, 0.5) is 20.3 Å². The fourth-order valence-corrected chi connectivity index (χ4v) is 3.14. The average molecular weight is 337 g/mol. The van der Waals surface area contributed by atoms with E-state index in [9.17, 15) is 8.78 Å². The van der Waals surface area contributed by atoms with E-state index >= 15 is 0 Å². The molecule has 0 unspecified atom stereocenters. The van der Waals surface area contributed by atoms with Gasteiger partial charge in [-0.2, -0.15) is 0 Å². The summed E-state index contributed by atoms with van der Waals surface area (Å²) >= 11 is 0. The number of hydrogen-bond donors (Lipinski definition) is 1. The molecule has 1 aliphatic heterocycles. The molecule has 3 aromatic rings. The van der Waals surface area contributed by atoms with E-state index in [1.165, 1.54) is 24.3 Å². The summed E-state index contributed by atoms with van der Waals surface area (Å²) in [6.45, 7) is 3.19. The van der Waals surface area contributed by atoms with Gasteiger partial charge in [-0.3, -0.25) is 0 Å². The van der Waals surface area contributed by atoms with E-state index in [4.69, 9.17) is 0 Å². The number of halogens is 2. The first-order valence-electron chi connectivity index (χ1n) is 8.10. The van der Waals surface area contributed by atoms with Crippen molar-refractivity contribution in [2.75, 3.05) is 16.9 Å². The summed E-state index contributed by atoms with van der Waals surface area (Å²) in [5, 5.41) is 3.26. The highest BCUT2D eigenvalue weighted by Crippen LogP contribution is 2.35. The topological polar surface area (TPSA) is 28.2 Å². The zero-order valence-corrected chi connectivity index (χ0v) is 13.8. The molecule has 0 saturated heterocycles. The number of aromatic nitrogens is 1. The average Bonchev–Trinajstić information content (AvgIpc) is 2.99. The van der Waals surface area contributed by atoms with Crippen LogP contribution in [0.2, 0.25) is 0 Å². The van der Waals surface area contributed by atoms with Crippen LogP contribution < -0.4 is 10.2 Å². The lowest BCUT2D eigenvalue weighted by Crippen LogP contribution is -2.22. The molecule has 0 bridgehead atoms. The first-order valence-corrected chi connectivity index (χ1v) is 8.10. The van der Waals surface area contributed by atoms with Crippen molar-refractivity contribution in [3.63, 3.8) is 0 Å². The zero-order chi connectivity index (χ0) is 17.4. The van der Waals surface area contributed by atoms with Gasteiger partial charge in [-0.1, -0.05) is 18.2 Å². The maximum absolute atomic E-state index is 13.4. The summed E-state index contributed by atoms with van der Waals surface area (Å²) in [5.74, 6) is 0.347. The molecular weight excluding hydrogens is 320 g/mol. The molecule has 0 amide bonds. The molecule has 2 heterocycles. The summed E-state index contributed by atoms with van der Waals surface area (Å²) in [7, 11) is 0. The highest BCUT2D eigenvalue weighted by atomic mass is 19.1. The van der Waals surface area contributed by atoms with Gasteiger partial charge in [0.15, 0.2) is 5.82 Å². The number of benzene rings is 2. The van der Waals surface area contributed by atoms with E-state index in [0.29, 0.717) is 13.2 Å². The molecule has 0 saturated carbocycles. The molecule has 0 radical (unpaired) electrons. The van der Waals surface area contributed by atoms with Gasteiger partial charge >= 0.3 is 0 Å². The molecule has 0 fully saturated rings. The highest BCUT2D eigenvalue weighted by Gasteiger charge is 2.21. The quantitative estimate of drug-likeness (QED) is 0.749. The number of anilines is 2. The second-order valence-corrected chi connectivity index (χ2v) is 6.21. The Balaban J connectivity index is 1.66. The van der Waals surface area contributed by atoms with Crippen LogP contribution in [0.3, 0.4) is 0 Å². The van der Waals surface area contributed by atoms with Crippen LogP contribution in [0.5, 0.6) is 0 Å². The molecular formula is C20H17F2N3. The van der Waals surface area contributed by atoms with E-state index in [0.717, 1.165) is 33.8 Å². The smallest absolute Gasteiger partial charge is 0.151 e. The second-order valence-electron chi connectivity index (χ2n) is 6.21. The van der Waals surface area contributed by atoms with Crippen molar-refractivity contribution in [3.05, 3.63) is 77.5 Å².